The second kappa shape index (κ2) is 6.14. The van der Waals surface area contributed by atoms with Crippen LogP contribution in [0, 0.1) is 11.8 Å². The summed E-state index contributed by atoms with van der Waals surface area (Å²) in [4.78, 5) is 10.5. The highest BCUT2D eigenvalue weighted by molar-refractivity contribution is 5.53. The first-order chi connectivity index (χ1) is 5.26. The van der Waals surface area contributed by atoms with Gasteiger partial charge in [0.15, 0.2) is 0 Å². The molecule has 1 heteroatoms. The first-order valence-electron chi connectivity index (χ1n) is 4.34. The summed E-state index contributed by atoms with van der Waals surface area (Å²) in [6, 6.07) is 0. The summed E-state index contributed by atoms with van der Waals surface area (Å²) in [5.41, 5.74) is 0. The number of hydrogen-bond acceptors (Lipinski definition) is 1. The Hall–Kier alpha value is -0.590. The summed E-state index contributed by atoms with van der Waals surface area (Å²) < 4.78 is 0. The highest BCUT2D eigenvalue weighted by atomic mass is 16.1. The van der Waals surface area contributed by atoms with Crippen LogP contribution in [0.15, 0.2) is 12.2 Å². The molecule has 64 valence electrons. The Balaban J connectivity index is 3.96. The van der Waals surface area contributed by atoms with E-state index in [4.69, 9.17) is 0 Å². The molecule has 11 heavy (non-hydrogen) atoms. The molecule has 0 aliphatic heterocycles. The second-order valence-corrected chi connectivity index (χ2v) is 2.97. The number of aldehydes is 1. The fourth-order valence-electron chi connectivity index (χ4n) is 1.22. The number of hydrogen-bond donors (Lipinski definition) is 0. The van der Waals surface area contributed by atoms with Gasteiger partial charge in [-0.25, -0.2) is 0 Å². The molecule has 1 nitrogen and oxygen atoms in total. The van der Waals surface area contributed by atoms with Gasteiger partial charge in [0, 0.05) is 5.92 Å². The number of allylic oxidation sites excluding steroid dienone is 2. The molecule has 0 aliphatic rings. The average molecular weight is 154 g/mol. The highest BCUT2D eigenvalue weighted by Crippen LogP contribution is 2.16. The molecule has 0 amide bonds. The Kier molecular flexibility index (Phi) is 5.81. The van der Waals surface area contributed by atoms with Gasteiger partial charge in [-0.15, -0.1) is 0 Å². The zero-order valence-electron chi connectivity index (χ0n) is 7.71. The van der Waals surface area contributed by atoms with Crippen LogP contribution in [0.25, 0.3) is 0 Å². The van der Waals surface area contributed by atoms with Crippen LogP contribution < -0.4 is 0 Å². The van der Waals surface area contributed by atoms with E-state index in [1.165, 1.54) is 0 Å². The predicted octanol–water partition coefficient (Wildman–Crippen LogP) is 2.81. The van der Waals surface area contributed by atoms with Gasteiger partial charge >= 0.3 is 0 Å². The van der Waals surface area contributed by atoms with E-state index in [-0.39, 0.29) is 5.92 Å². The summed E-state index contributed by atoms with van der Waals surface area (Å²) in [5.74, 6) is 0.619. The van der Waals surface area contributed by atoms with Crippen molar-refractivity contribution in [2.24, 2.45) is 11.8 Å². The van der Waals surface area contributed by atoms with Crippen molar-refractivity contribution in [3.8, 4) is 0 Å². The summed E-state index contributed by atoms with van der Waals surface area (Å²) in [5, 5.41) is 0. The highest BCUT2D eigenvalue weighted by Gasteiger charge is 2.11. The number of carbonyl (C=O) groups excluding carboxylic acids is 1. The first kappa shape index (κ1) is 10.4. The standard InChI is InChI=1S/C10H18O/c1-4-6-10(7-5-2)9(3)8-11/h4,6,8-10H,5,7H2,1-3H3. The third-order valence-electron chi connectivity index (χ3n) is 1.95. The molecule has 2 atom stereocenters. The van der Waals surface area contributed by atoms with E-state index in [1.807, 2.05) is 19.9 Å². The van der Waals surface area contributed by atoms with Gasteiger partial charge in [0.25, 0.3) is 0 Å². The topological polar surface area (TPSA) is 17.1 Å². The SMILES string of the molecule is CC=CC(CCC)C(C)C=O. The van der Waals surface area contributed by atoms with Gasteiger partial charge in [-0.1, -0.05) is 32.4 Å². The fourth-order valence-corrected chi connectivity index (χ4v) is 1.22. The number of carbonyl (C=O) groups is 1. The van der Waals surface area contributed by atoms with Crippen molar-refractivity contribution in [3.05, 3.63) is 12.2 Å². The van der Waals surface area contributed by atoms with Crippen molar-refractivity contribution in [1.82, 2.24) is 0 Å². The van der Waals surface area contributed by atoms with E-state index in [9.17, 15) is 4.79 Å². The normalized spacial score (nSPS) is 16.6. The first-order valence-corrected chi connectivity index (χ1v) is 4.34. The summed E-state index contributed by atoms with van der Waals surface area (Å²) in [7, 11) is 0. The average Bonchev–Trinajstić information content (AvgIpc) is 2.03. The zero-order valence-corrected chi connectivity index (χ0v) is 7.71. The van der Waals surface area contributed by atoms with E-state index in [0.717, 1.165) is 19.1 Å². The summed E-state index contributed by atoms with van der Waals surface area (Å²) in [6.07, 6.45) is 7.46. The molecular weight excluding hydrogens is 136 g/mol. The van der Waals surface area contributed by atoms with Crippen LogP contribution in [0.4, 0.5) is 0 Å². The smallest absolute Gasteiger partial charge is 0.123 e. The van der Waals surface area contributed by atoms with Gasteiger partial charge < -0.3 is 4.79 Å². The van der Waals surface area contributed by atoms with Crippen molar-refractivity contribution < 1.29 is 4.79 Å². The molecule has 0 N–H and O–H groups in total. The van der Waals surface area contributed by atoms with Crippen molar-refractivity contribution in [3.63, 3.8) is 0 Å². The third kappa shape index (κ3) is 3.97. The molecule has 0 aromatic rings. The maximum atomic E-state index is 10.5. The Morgan fingerprint density at radius 2 is 2.09 bits per heavy atom. The maximum absolute atomic E-state index is 10.5. The molecule has 0 aromatic heterocycles. The molecule has 0 aliphatic carbocycles. The van der Waals surface area contributed by atoms with Gasteiger partial charge in [0.05, 0.1) is 0 Å². The Bertz CT molecular complexity index is 127. The van der Waals surface area contributed by atoms with Gasteiger partial charge in [-0.3, -0.25) is 0 Å². The van der Waals surface area contributed by atoms with Gasteiger partial charge in [0.2, 0.25) is 0 Å². The van der Waals surface area contributed by atoms with Gasteiger partial charge in [-0.2, -0.15) is 0 Å². The molecule has 0 heterocycles. The van der Waals surface area contributed by atoms with E-state index < -0.39 is 0 Å². The molecule has 0 aromatic carbocycles. The molecule has 0 saturated carbocycles. The minimum Gasteiger partial charge on any atom is -0.303 e. The second-order valence-electron chi connectivity index (χ2n) is 2.97. The molecule has 2 unspecified atom stereocenters. The maximum Gasteiger partial charge on any atom is 0.123 e. The summed E-state index contributed by atoms with van der Waals surface area (Å²) in [6.45, 7) is 6.13. The van der Waals surface area contributed by atoms with Gasteiger partial charge in [0.1, 0.15) is 6.29 Å². The van der Waals surface area contributed by atoms with Crippen LogP contribution in [0.5, 0.6) is 0 Å². The van der Waals surface area contributed by atoms with E-state index in [0.29, 0.717) is 5.92 Å². The van der Waals surface area contributed by atoms with E-state index in [1.54, 1.807) is 0 Å². The lowest BCUT2D eigenvalue weighted by Crippen LogP contribution is -2.09. The van der Waals surface area contributed by atoms with Crippen molar-refractivity contribution >= 4 is 6.29 Å². The van der Waals surface area contributed by atoms with E-state index in [2.05, 4.69) is 13.0 Å². The summed E-state index contributed by atoms with van der Waals surface area (Å²) >= 11 is 0. The van der Waals surface area contributed by atoms with E-state index >= 15 is 0 Å². The van der Waals surface area contributed by atoms with Crippen LogP contribution in [0.1, 0.15) is 33.6 Å². The largest absolute Gasteiger partial charge is 0.303 e. The number of rotatable bonds is 5. The van der Waals surface area contributed by atoms with Crippen LogP contribution in [0.2, 0.25) is 0 Å². The van der Waals surface area contributed by atoms with Crippen LogP contribution in [-0.4, -0.2) is 6.29 Å². The van der Waals surface area contributed by atoms with Crippen LogP contribution in [0.3, 0.4) is 0 Å². The lowest BCUT2D eigenvalue weighted by Gasteiger charge is -2.13. The third-order valence-corrected chi connectivity index (χ3v) is 1.95. The minimum absolute atomic E-state index is 0.172. The van der Waals surface area contributed by atoms with Crippen molar-refractivity contribution in [2.75, 3.05) is 0 Å². The van der Waals surface area contributed by atoms with Gasteiger partial charge in [-0.05, 0) is 19.3 Å². The Morgan fingerprint density at radius 3 is 2.45 bits per heavy atom. The molecule has 0 radical (unpaired) electrons. The lowest BCUT2D eigenvalue weighted by atomic mass is 9.91. The monoisotopic (exact) mass is 154 g/mol. The van der Waals surface area contributed by atoms with Crippen molar-refractivity contribution in [1.29, 1.82) is 0 Å². The molecule has 0 bridgehead atoms. The minimum atomic E-state index is 0.172. The molecule has 0 spiro atoms. The lowest BCUT2D eigenvalue weighted by molar-refractivity contribution is -0.111. The van der Waals surface area contributed by atoms with Crippen molar-refractivity contribution in [2.45, 2.75) is 33.6 Å². The predicted molar refractivity (Wildman–Crippen MR) is 48.4 cm³/mol. The molecule has 0 rings (SSSR count). The quantitative estimate of drug-likeness (QED) is 0.439. The molecule has 0 saturated heterocycles. The molecular formula is C10H18O. The molecule has 0 fully saturated rings. The Morgan fingerprint density at radius 1 is 1.45 bits per heavy atom. The fraction of sp³-hybridized carbons (Fsp3) is 0.700. The Labute approximate surface area is 69.5 Å². The zero-order chi connectivity index (χ0) is 8.69. The van der Waals surface area contributed by atoms with Crippen LogP contribution in [-0.2, 0) is 4.79 Å². The van der Waals surface area contributed by atoms with Crippen LogP contribution >= 0.6 is 0 Å².